The Balaban J connectivity index is 1.30. The van der Waals surface area contributed by atoms with Gasteiger partial charge in [0.05, 0.1) is 41.6 Å². The van der Waals surface area contributed by atoms with Crippen molar-refractivity contribution in [3.8, 4) is 11.5 Å². The van der Waals surface area contributed by atoms with Gasteiger partial charge in [0.15, 0.2) is 29.9 Å². The van der Waals surface area contributed by atoms with E-state index in [9.17, 15) is 39.9 Å². The highest BCUT2D eigenvalue weighted by Crippen LogP contribution is 2.52. The van der Waals surface area contributed by atoms with Crippen LogP contribution in [0.25, 0.3) is 0 Å². The number of carbonyl (C=O) groups is 3. The SMILES string of the molecule is CC(=O)[C@]1(O)Cc2c(O)c3c(c(O)c2[C@@H](O[C@H]2C[C@H](O)[C@@H](O[C@H]4C[C@H](N)[C@H](O)[C@H](C)O4)[C@H](C)O2)C1)C(=O)c1ccccc1C3=O. The van der Waals surface area contributed by atoms with Crippen molar-refractivity contribution in [2.75, 3.05) is 0 Å². The van der Waals surface area contributed by atoms with Gasteiger partial charge in [-0.15, -0.1) is 0 Å². The number of aromatic hydroxyl groups is 2. The highest BCUT2D eigenvalue weighted by atomic mass is 16.7. The molecule has 0 saturated carbocycles. The third kappa shape index (κ3) is 5.26. The second-order valence-corrected chi connectivity index (χ2v) is 12.5. The number of phenols is 2. The number of Topliss-reactive ketones (excluding diaryl/α,β-unsaturated/α-hetero) is 1. The van der Waals surface area contributed by atoms with E-state index in [-0.39, 0.29) is 41.5 Å². The Bertz CT molecular complexity index is 1540. The molecule has 0 spiro atoms. The van der Waals surface area contributed by atoms with E-state index in [0.29, 0.717) is 0 Å². The summed E-state index contributed by atoms with van der Waals surface area (Å²) in [6, 6.07) is 5.45. The first-order valence-corrected chi connectivity index (χ1v) is 15.0. The first kappa shape index (κ1) is 31.7. The first-order chi connectivity index (χ1) is 21.2. The zero-order valence-electron chi connectivity index (χ0n) is 25.0. The van der Waals surface area contributed by atoms with E-state index in [1.165, 1.54) is 19.1 Å². The van der Waals surface area contributed by atoms with Crippen LogP contribution in [-0.4, -0.2) is 97.6 Å². The Morgan fingerprint density at radius 3 is 2.09 bits per heavy atom. The number of benzene rings is 2. The molecule has 0 aromatic heterocycles. The standard InChI is InChI=1S/C32H37NO12/c1-12-26(36)18(33)8-21(42-12)45-31-13(2)43-22(9-19(31)35)44-20-11-32(41,14(3)34)10-17-23(20)30(40)25-24(29(17)39)27(37)15-6-4-5-7-16(15)28(25)38/h4-7,12-13,18-22,26,31,35-36,39-41H,8-11,33H2,1-3H3/t12-,13-,18-,19-,20-,21-,22-,26+,31-,32-/m0/s1. The van der Waals surface area contributed by atoms with Gasteiger partial charge in [-0.3, -0.25) is 14.4 Å². The van der Waals surface area contributed by atoms with Crippen LogP contribution in [0.2, 0.25) is 0 Å². The van der Waals surface area contributed by atoms with Crippen molar-refractivity contribution >= 4 is 17.3 Å². The maximum absolute atomic E-state index is 13.5. The van der Waals surface area contributed by atoms with Crippen LogP contribution in [0.1, 0.15) is 89.1 Å². The number of carbonyl (C=O) groups excluding carboxylic acids is 3. The maximum Gasteiger partial charge on any atom is 0.198 e. The molecule has 45 heavy (non-hydrogen) atoms. The van der Waals surface area contributed by atoms with Crippen LogP contribution in [0.3, 0.4) is 0 Å². The van der Waals surface area contributed by atoms with Crippen LogP contribution in [-0.2, 0) is 30.2 Å². The normalized spacial score (nSPS) is 36.2. The molecule has 2 heterocycles. The quantitative estimate of drug-likeness (QED) is 0.217. The lowest BCUT2D eigenvalue weighted by Crippen LogP contribution is -2.56. The summed E-state index contributed by atoms with van der Waals surface area (Å²) in [5.74, 6) is -3.23. The van der Waals surface area contributed by atoms with E-state index in [1.54, 1.807) is 26.0 Å². The first-order valence-electron chi connectivity index (χ1n) is 15.0. The summed E-state index contributed by atoms with van der Waals surface area (Å²) in [5.41, 5.74) is 3.10. The van der Waals surface area contributed by atoms with Crippen molar-refractivity contribution in [2.24, 2.45) is 5.73 Å². The molecule has 2 aromatic carbocycles. The van der Waals surface area contributed by atoms with Crippen molar-refractivity contribution in [1.29, 1.82) is 0 Å². The second-order valence-electron chi connectivity index (χ2n) is 12.5. The summed E-state index contributed by atoms with van der Waals surface area (Å²) in [5, 5.41) is 55.4. The molecule has 0 bridgehead atoms. The molecule has 2 saturated heterocycles. The molecule has 2 aliphatic heterocycles. The number of ether oxygens (including phenoxy) is 4. The smallest absolute Gasteiger partial charge is 0.198 e. The predicted octanol–water partition coefficient (Wildman–Crippen LogP) is 0.901. The van der Waals surface area contributed by atoms with E-state index in [0.717, 1.165) is 0 Å². The lowest BCUT2D eigenvalue weighted by molar-refractivity contribution is -0.311. The molecule has 242 valence electrons. The van der Waals surface area contributed by atoms with Crippen molar-refractivity contribution < 1.29 is 58.9 Å². The Kier molecular flexibility index (Phi) is 8.11. The number of hydrogen-bond acceptors (Lipinski definition) is 13. The van der Waals surface area contributed by atoms with Crippen LogP contribution in [0.5, 0.6) is 11.5 Å². The molecular formula is C32H37NO12. The summed E-state index contributed by atoms with van der Waals surface area (Å²) in [6.45, 7) is 4.48. The van der Waals surface area contributed by atoms with Gasteiger partial charge in [0.2, 0.25) is 0 Å². The molecule has 6 rings (SSSR count). The molecule has 13 nitrogen and oxygen atoms in total. The van der Waals surface area contributed by atoms with Crippen LogP contribution in [0.15, 0.2) is 24.3 Å². The molecule has 2 fully saturated rings. The molecular weight excluding hydrogens is 590 g/mol. The van der Waals surface area contributed by atoms with E-state index in [2.05, 4.69) is 0 Å². The number of hydrogen-bond donors (Lipinski definition) is 6. The van der Waals surface area contributed by atoms with E-state index in [1.807, 2.05) is 0 Å². The van der Waals surface area contributed by atoms with Gasteiger partial charge in [0, 0.05) is 54.0 Å². The third-order valence-corrected chi connectivity index (χ3v) is 9.45. The second kappa shape index (κ2) is 11.5. The fourth-order valence-electron chi connectivity index (χ4n) is 6.90. The van der Waals surface area contributed by atoms with Gasteiger partial charge in [-0.25, -0.2) is 0 Å². The summed E-state index contributed by atoms with van der Waals surface area (Å²) in [4.78, 5) is 39.6. The highest BCUT2D eigenvalue weighted by molar-refractivity contribution is 6.30. The largest absolute Gasteiger partial charge is 0.507 e. The van der Waals surface area contributed by atoms with Gasteiger partial charge in [0.1, 0.15) is 23.2 Å². The maximum atomic E-state index is 13.5. The lowest BCUT2D eigenvalue weighted by Gasteiger charge is -2.44. The van der Waals surface area contributed by atoms with Crippen LogP contribution < -0.4 is 5.73 Å². The predicted molar refractivity (Wildman–Crippen MR) is 154 cm³/mol. The minimum Gasteiger partial charge on any atom is -0.507 e. The topological polar surface area (TPSA) is 215 Å². The number of nitrogens with two attached hydrogens (primary N) is 1. The molecule has 4 aliphatic rings. The Labute approximate surface area is 258 Å². The van der Waals surface area contributed by atoms with Gasteiger partial charge >= 0.3 is 0 Å². The Morgan fingerprint density at radius 1 is 0.933 bits per heavy atom. The minimum atomic E-state index is -2.04. The number of rotatable bonds is 5. The third-order valence-electron chi connectivity index (χ3n) is 9.45. The number of fused-ring (bicyclic) bond motifs is 3. The summed E-state index contributed by atoms with van der Waals surface area (Å²) < 4.78 is 23.9. The average molecular weight is 628 g/mol. The number of aliphatic hydroxyl groups is 3. The van der Waals surface area contributed by atoms with Crippen LogP contribution >= 0.6 is 0 Å². The highest BCUT2D eigenvalue weighted by Gasteiger charge is 2.49. The van der Waals surface area contributed by atoms with Crippen LogP contribution in [0, 0.1) is 0 Å². The Hall–Kier alpha value is -3.27. The van der Waals surface area contributed by atoms with Gasteiger partial charge in [-0.2, -0.15) is 0 Å². The van der Waals surface area contributed by atoms with Gasteiger partial charge in [0.25, 0.3) is 0 Å². The van der Waals surface area contributed by atoms with Crippen molar-refractivity contribution in [3.05, 3.63) is 57.6 Å². The molecule has 13 heteroatoms. The molecule has 2 aliphatic carbocycles. The molecule has 2 aromatic rings. The summed E-state index contributed by atoms with van der Waals surface area (Å²) >= 11 is 0. The van der Waals surface area contributed by atoms with Crippen molar-refractivity contribution in [2.45, 2.75) is 107 Å². The van der Waals surface area contributed by atoms with Crippen molar-refractivity contribution in [1.82, 2.24) is 0 Å². The monoisotopic (exact) mass is 627 g/mol. The fourth-order valence-corrected chi connectivity index (χ4v) is 6.90. The molecule has 0 unspecified atom stereocenters. The number of phenolic OH excluding ortho intramolecular Hbond substituents is 2. The zero-order valence-corrected chi connectivity index (χ0v) is 25.0. The summed E-state index contributed by atoms with van der Waals surface area (Å²) in [6.07, 6.45) is -8.12. The van der Waals surface area contributed by atoms with Gasteiger partial charge < -0.3 is 50.2 Å². The minimum absolute atomic E-state index is 0.0525. The van der Waals surface area contributed by atoms with E-state index < -0.39 is 107 Å². The fraction of sp³-hybridized carbons (Fsp3) is 0.531. The summed E-state index contributed by atoms with van der Waals surface area (Å²) in [7, 11) is 0. The Morgan fingerprint density at radius 2 is 1.51 bits per heavy atom. The zero-order chi connectivity index (χ0) is 32.5. The molecule has 7 N–H and O–H groups in total. The van der Waals surface area contributed by atoms with Crippen molar-refractivity contribution in [3.63, 3.8) is 0 Å². The average Bonchev–Trinajstić information content (AvgIpc) is 2.98. The molecule has 0 amide bonds. The van der Waals surface area contributed by atoms with E-state index in [4.69, 9.17) is 24.7 Å². The molecule has 0 radical (unpaired) electrons. The molecule has 10 atom stereocenters. The number of ketones is 3. The van der Waals surface area contributed by atoms with Gasteiger partial charge in [-0.1, -0.05) is 24.3 Å². The lowest BCUT2D eigenvalue weighted by atomic mass is 9.72. The number of aliphatic hydroxyl groups excluding tert-OH is 2. The van der Waals surface area contributed by atoms with Crippen LogP contribution in [0.4, 0.5) is 0 Å². The van der Waals surface area contributed by atoms with E-state index >= 15 is 0 Å². The van der Waals surface area contributed by atoms with Gasteiger partial charge in [-0.05, 0) is 20.8 Å².